The van der Waals surface area contributed by atoms with Crippen LogP contribution in [0.3, 0.4) is 0 Å². The van der Waals surface area contributed by atoms with Gasteiger partial charge in [-0.25, -0.2) is 18.7 Å². The average molecular weight is 596 g/mol. The van der Waals surface area contributed by atoms with Crippen LogP contribution in [-0.4, -0.2) is 28.8 Å². The van der Waals surface area contributed by atoms with E-state index in [9.17, 15) is 5.26 Å². The molecule has 6 nitrogen and oxygen atoms in total. The second-order valence-corrected chi connectivity index (χ2v) is 11.0. The van der Waals surface area contributed by atoms with E-state index in [0.29, 0.717) is 44.7 Å². The van der Waals surface area contributed by atoms with Crippen LogP contribution in [-0.2, 0) is 18.0 Å². The number of benzene rings is 2. The number of hydrogen-bond donors (Lipinski definition) is 1. The Labute approximate surface area is 253 Å². The van der Waals surface area contributed by atoms with Crippen LogP contribution >= 0.6 is 11.8 Å². The van der Waals surface area contributed by atoms with Crippen molar-refractivity contribution in [1.82, 2.24) is 9.97 Å². The number of nitriles is 1. The molecule has 0 bridgehead atoms. The third-order valence-corrected chi connectivity index (χ3v) is 8.43. The number of aromatic nitrogens is 2. The zero-order valence-electron chi connectivity index (χ0n) is 25.9. The van der Waals surface area contributed by atoms with E-state index in [1.54, 1.807) is 12.3 Å². The van der Waals surface area contributed by atoms with Crippen molar-refractivity contribution >= 4 is 34.2 Å². The van der Waals surface area contributed by atoms with Crippen molar-refractivity contribution in [2.24, 2.45) is 11.7 Å². The molecule has 0 radical (unpaired) electrons. The summed E-state index contributed by atoms with van der Waals surface area (Å²) in [6, 6.07) is 5.05. The van der Waals surface area contributed by atoms with Crippen molar-refractivity contribution in [1.29, 1.82) is 5.26 Å². The Morgan fingerprint density at radius 2 is 1.76 bits per heavy atom. The second kappa shape index (κ2) is 15.3. The lowest BCUT2D eigenvalue weighted by molar-refractivity contribution is 0.135. The van der Waals surface area contributed by atoms with Crippen molar-refractivity contribution < 1.29 is 13.5 Å². The second-order valence-electron chi connectivity index (χ2n) is 10.0. The summed E-state index contributed by atoms with van der Waals surface area (Å²) in [7, 11) is 0. The van der Waals surface area contributed by atoms with Crippen LogP contribution in [0.5, 0.6) is 0 Å². The lowest BCUT2D eigenvalue weighted by atomic mass is 9.87. The highest BCUT2D eigenvalue weighted by atomic mass is 32.2. The molecule has 1 aromatic heterocycles. The maximum atomic E-state index is 16.4. The molecule has 0 amide bonds. The number of nitrogens with two attached hydrogens (primary N) is 1. The van der Waals surface area contributed by atoms with Gasteiger partial charge < -0.3 is 15.4 Å². The molecule has 1 unspecified atom stereocenters. The van der Waals surface area contributed by atoms with E-state index in [0.717, 1.165) is 25.1 Å². The molecule has 0 saturated carbocycles. The Bertz CT molecular complexity index is 1480. The molecule has 2 N–H and O–H groups in total. The normalized spacial score (nSPS) is 16.8. The van der Waals surface area contributed by atoms with E-state index in [1.165, 1.54) is 30.7 Å². The third-order valence-electron chi connectivity index (χ3n) is 7.33. The first-order valence-corrected chi connectivity index (χ1v) is 16.0. The highest BCUT2D eigenvalue weighted by molar-refractivity contribution is 7.99. The first-order chi connectivity index (χ1) is 20.4. The Morgan fingerprint density at radius 3 is 2.38 bits per heavy atom. The monoisotopic (exact) mass is 595 g/mol. The Balaban J connectivity index is 0.000000550. The van der Waals surface area contributed by atoms with Crippen LogP contribution in [0.15, 0.2) is 28.9 Å². The number of fused-ring (bicyclic) bond motifs is 4. The topological polar surface area (TPSA) is 88.1 Å². The molecule has 3 aromatic rings. The van der Waals surface area contributed by atoms with Gasteiger partial charge in [-0.05, 0) is 35.6 Å². The number of hydrogen-bond acceptors (Lipinski definition) is 7. The summed E-state index contributed by atoms with van der Waals surface area (Å²) in [4.78, 5) is 11.9. The van der Waals surface area contributed by atoms with Gasteiger partial charge in [-0.1, -0.05) is 61.3 Å². The molecule has 1 fully saturated rings. The minimum atomic E-state index is -0.631. The predicted molar refractivity (Wildman–Crippen MR) is 170 cm³/mol. The molecule has 3 aliphatic rings. The molecule has 1 atom stereocenters. The van der Waals surface area contributed by atoms with E-state index in [4.69, 9.17) is 10.5 Å². The van der Waals surface area contributed by atoms with Crippen LogP contribution in [0.25, 0.3) is 27.6 Å². The molecule has 42 heavy (non-hydrogen) atoms. The van der Waals surface area contributed by atoms with Gasteiger partial charge in [0.2, 0.25) is 5.95 Å². The first-order valence-electron chi connectivity index (χ1n) is 15.1. The quantitative estimate of drug-likeness (QED) is 0.324. The smallest absolute Gasteiger partial charge is 0.225 e. The van der Waals surface area contributed by atoms with Crippen molar-refractivity contribution in [3.8, 4) is 17.2 Å². The fraction of sp³-hybridized carbons (Fsp3) is 0.485. The van der Waals surface area contributed by atoms with E-state index >= 15 is 8.78 Å². The third kappa shape index (κ3) is 6.40. The van der Waals surface area contributed by atoms with Crippen molar-refractivity contribution in [2.45, 2.75) is 85.8 Å². The van der Waals surface area contributed by atoms with Gasteiger partial charge in [-0.15, -0.1) is 11.8 Å². The highest BCUT2D eigenvalue weighted by Gasteiger charge is 2.32. The molecule has 9 heteroatoms. The van der Waals surface area contributed by atoms with Gasteiger partial charge in [-0.2, -0.15) is 5.26 Å². The Morgan fingerprint density at radius 1 is 1.07 bits per heavy atom. The van der Waals surface area contributed by atoms with Crippen molar-refractivity contribution in [2.75, 3.05) is 23.7 Å². The molecular weight excluding hydrogens is 552 g/mol. The largest absolute Gasteiger partial charge is 0.400 e. The molecule has 4 heterocycles. The summed E-state index contributed by atoms with van der Waals surface area (Å²) in [6.45, 7) is 16.5. The average Bonchev–Trinajstić information content (AvgIpc) is 3.70. The van der Waals surface area contributed by atoms with E-state index in [1.807, 2.05) is 32.6 Å². The van der Waals surface area contributed by atoms with Crippen LogP contribution < -0.4 is 10.6 Å². The number of rotatable bonds is 3. The van der Waals surface area contributed by atoms with Crippen LogP contribution in [0.1, 0.15) is 84.4 Å². The molecule has 226 valence electrons. The van der Waals surface area contributed by atoms with Gasteiger partial charge in [0.15, 0.2) is 5.82 Å². The minimum Gasteiger partial charge on any atom is -0.400 e. The van der Waals surface area contributed by atoms with Crippen molar-refractivity contribution in [3.05, 3.63) is 52.4 Å². The van der Waals surface area contributed by atoms with Gasteiger partial charge in [0, 0.05) is 57.7 Å². The van der Waals surface area contributed by atoms with E-state index in [2.05, 4.69) is 36.8 Å². The molecule has 1 saturated heterocycles. The van der Waals surface area contributed by atoms with Gasteiger partial charge in [0.1, 0.15) is 17.4 Å². The lowest BCUT2D eigenvalue weighted by Crippen LogP contribution is -2.21. The SMILES string of the molecule is CC.CC.CC1CCN(c2ncc3c4c(c(-c5c(F)ccc6c5C(C#N)=C(N)CS6)c(F)c3n2)COC4)C1.CCCC. The summed E-state index contributed by atoms with van der Waals surface area (Å²) in [5.41, 5.74) is 8.59. The van der Waals surface area contributed by atoms with Gasteiger partial charge in [0.05, 0.1) is 18.8 Å². The minimum absolute atomic E-state index is 0.0420. The number of ether oxygens (including phenoxy) is 1. The van der Waals surface area contributed by atoms with Crippen LogP contribution in [0.4, 0.5) is 14.7 Å². The molecular formula is C33H43F2N5OS. The molecule has 0 spiro atoms. The molecule has 6 rings (SSSR count). The van der Waals surface area contributed by atoms with Gasteiger partial charge in [-0.3, -0.25) is 0 Å². The number of anilines is 1. The molecule has 2 aromatic carbocycles. The first kappa shape index (κ1) is 33.3. The summed E-state index contributed by atoms with van der Waals surface area (Å²) >= 11 is 1.41. The zero-order chi connectivity index (χ0) is 31.0. The Hall–Kier alpha value is -3.22. The maximum absolute atomic E-state index is 16.4. The highest BCUT2D eigenvalue weighted by Crippen LogP contribution is 2.47. The van der Waals surface area contributed by atoms with Crippen molar-refractivity contribution in [3.63, 3.8) is 0 Å². The fourth-order valence-electron chi connectivity index (χ4n) is 5.12. The number of halogens is 2. The van der Waals surface area contributed by atoms with Gasteiger partial charge in [0.25, 0.3) is 0 Å². The number of thioether (sulfide) groups is 1. The standard InChI is InChI=1S/C25H21F2N5OS.C4H10.2C2H6/c1-12-4-5-32(8-12)25-30-7-14-15-9-33-10-16(15)21(23(27)24(14)31-25)22-17(26)2-3-19-20(22)13(6-28)18(29)11-34-19;1-3-4-2;2*1-2/h2-3,7,12H,4-5,8-11,29H2,1H3;3-4H2,1-2H3;2*1-2H3. The summed E-state index contributed by atoms with van der Waals surface area (Å²) in [6.07, 6.45) is 5.31. The van der Waals surface area contributed by atoms with Gasteiger partial charge >= 0.3 is 0 Å². The fourth-order valence-corrected chi connectivity index (χ4v) is 6.09. The summed E-state index contributed by atoms with van der Waals surface area (Å²) in [5, 5.41) is 10.4. The van der Waals surface area contributed by atoms with Crippen LogP contribution in [0.2, 0.25) is 0 Å². The maximum Gasteiger partial charge on any atom is 0.225 e. The Kier molecular flexibility index (Phi) is 12.1. The lowest BCUT2D eigenvalue weighted by Gasteiger charge is -2.23. The van der Waals surface area contributed by atoms with Crippen LogP contribution in [0, 0.1) is 28.9 Å². The number of allylic oxidation sites excluding steroid dienone is 1. The zero-order valence-corrected chi connectivity index (χ0v) is 26.7. The summed E-state index contributed by atoms with van der Waals surface area (Å²) < 4.78 is 37.5. The predicted octanol–water partition coefficient (Wildman–Crippen LogP) is 8.61. The number of unbranched alkanes of at least 4 members (excludes halogenated alkanes) is 1. The molecule has 0 aliphatic carbocycles. The van der Waals surface area contributed by atoms with E-state index < -0.39 is 11.6 Å². The van der Waals surface area contributed by atoms with E-state index in [-0.39, 0.29) is 35.4 Å². The number of nitrogens with zero attached hydrogens (tertiary/aromatic N) is 4. The molecule has 3 aliphatic heterocycles. The summed E-state index contributed by atoms with van der Waals surface area (Å²) in [5.74, 6) is 0.157.